The van der Waals surface area contributed by atoms with Gasteiger partial charge in [-0.15, -0.1) is 0 Å². The molecule has 0 heterocycles. The summed E-state index contributed by atoms with van der Waals surface area (Å²) < 4.78 is 4.99. The maximum atomic E-state index is 11.3. The molecule has 1 rings (SSSR count). The fourth-order valence-electron chi connectivity index (χ4n) is 1.60. The maximum absolute atomic E-state index is 11.3. The minimum atomic E-state index is -0.641. The van der Waals surface area contributed by atoms with E-state index >= 15 is 0 Å². The lowest BCUT2D eigenvalue weighted by Crippen LogP contribution is -2.34. The first kappa shape index (κ1) is 17.0. The quantitative estimate of drug-likeness (QED) is 0.441. The fraction of sp³-hybridized carbons (Fsp3) is 0.615. The SMILES string of the molecule is CC(C)(C)OC(=O)NOCCNC1=CC=C([N+](=O)[O-])CC1. The Hall–Kier alpha value is -2.09. The van der Waals surface area contributed by atoms with Crippen molar-refractivity contribution in [2.75, 3.05) is 13.2 Å². The van der Waals surface area contributed by atoms with Crippen LogP contribution in [0.5, 0.6) is 0 Å². The van der Waals surface area contributed by atoms with Crippen LogP contribution in [0, 0.1) is 10.1 Å². The van der Waals surface area contributed by atoms with Gasteiger partial charge in [0.05, 0.1) is 11.5 Å². The Kier molecular flexibility index (Phi) is 6.16. The number of carbonyl (C=O) groups excluding carboxylic acids is 1. The number of hydrogen-bond acceptors (Lipinski definition) is 6. The molecule has 0 unspecified atom stereocenters. The molecule has 1 amide bonds. The van der Waals surface area contributed by atoms with Crippen LogP contribution in [0.15, 0.2) is 23.5 Å². The van der Waals surface area contributed by atoms with Gasteiger partial charge in [0.25, 0.3) is 0 Å². The average molecular weight is 299 g/mol. The Labute approximate surface area is 123 Å². The van der Waals surface area contributed by atoms with Crippen LogP contribution in [0.3, 0.4) is 0 Å². The second kappa shape index (κ2) is 7.63. The van der Waals surface area contributed by atoms with E-state index in [4.69, 9.17) is 9.57 Å². The first-order chi connectivity index (χ1) is 9.78. The summed E-state index contributed by atoms with van der Waals surface area (Å²) in [6.07, 6.45) is 3.53. The van der Waals surface area contributed by atoms with Gasteiger partial charge in [-0.2, -0.15) is 5.48 Å². The minimum absolute atomic E-state index is 0.211. The molecule has 0 spiro atoms. The van der Waals surface area contributed by atoms with Gasteiger partial charge in [0, 0.05) is 24.7 Å². The minimum Gasteiger partial charge on any atom is -0.442 e. The third kappa shape index (κ3) is 7.31. The van der Waals surface area contributed by atoms with Gasteiger partial charge in [0.1, 0.15) is 5.60 Å². The lowest BCUT2D eigenvalue weighted by Gasteiger charge is -2.19. The molecule has 0 aromatic carbocycles. The number of rotatable bonds is 6. The van der Waals surface area contributed by atoms with Gasteiger partial charge in [0.15, 0.2) is 0 Å². The van der Waals surface area contributed by atoms with E-state index in [1.807, 2.05) is 0 Å². The van der Waals surface area contributed by atoms with Crippen molar-refractivity contribution in [2.45, 2.75) is 39.2 Å². The number of hydroxylamine groups is 1. The Balaban J connectivity index is 2.15. The molecule has 0 fully saturated rings. The Bertz CT molecular complexity index is 451. The Morgan fingerprint density at radius 2 is 2.10 bits per heavy atom. The highest BCUT2D eigenvalue weighted by molar-refractivity contribution is 5.66. The summed E-state index contributed by atoms with van der Waals surface area (Å²) in [5, 5.41) is 13.6. The summed E-state index contributed by atoms with van der Waals surface area (Å²) in [6, 6.07) is 0. The summed E-state index contributed by atoms with van der Waals surface area (Å²) in [7, 11) is 0. The van der Waals surface area contributed by atoms with E-state index in [1.54, 1.807) is 26.8 Å². The number of nitrogens with zero attached hydrogens (tertiary/aromatic N) is 1. The molecule has 0 atom stereocenters. The van der Waals surface area contributed by atoms with Crippen molar-refractivity contribution in [3.8, 4) is 0 Å². The van der Waals surface area contributed by atoms with E-state index in [0.717, 1.165) is 5.70 Å². The van der Waals surface area contributed by atoms with Gasteiger partial charge < -0.3 is 10.1 Å². The van der Waals surface area contributed by atoms with E-state index in [9.17, 15) is 14.9 Å². The van der Waals surface area contributed by atoms with E-state index in [0.29, 0.717) is 19.4 Å². The van der Waals surface area contributed by atoms with E-state index in [1.165, 1.54) is 6.08 Å². The van der Waals surface area contributed by atoms with Crippen LogP contribution >= 0.6 is 0 Å². The van der Waals surface area contributed by atoms with Gasteiger partial charge in [0.2, 0.25) is 5.70 Å². The van der Waals surface area contributed by atoms with Crippen molar-refractivity contribution in [3.05, 3.63) is 33.7 Å². The number of amides is 1. The molecule has 0 saturated carbocycles. The molecule has 0 aliphatic heterocycles. The molecule has 0 bridgehead atoms. The van der Waals surface area contributed by atoms with Crippen molar-refractivity contribution in [3.63, 3.8) is 0 Å². The number of nitrogens with one attached hydrogen (secondary N) is 2. The monoisotopic (exact) mass is 299 g/mol. The second-order valence-corrected chi connectivity index (χ2v) is 5.49. The summed E-state index contributed by atoms with van der Waals surface area (Å²) in [6.45, 7) is 6.01. The summed E-state index contributed by atoms with van der Waals surface area (Å²) in [4.78, 5) is 26.4. The molecule has 0 radical (unpaired) electrons. The predicted molar refractivity (Wildman–Crippen MR) is 75.7 cm³/mol. The van der Waals surface area contributed by atoms with Gasteiger partial charge in [-0.3, -0.25) is 15.0 Å². The molecular formula is C13H21N3O5. The summed E-state index contributed by atoms with van der Waals surface area (Å²) >= 11 is 0. The molecule has 21 heavy (non-hydrogen) atoms. The number of hydrogen-bond donors (Lipinski definition) is 2. The van der Waals surface area contributed by atoms with Crippen LogP contribution in [0.4, 0.5) is 4.79 Å². The van der Waals surface area contributed by atoms with Crippen molar-refractivity contribution in [2.24, 2.45) is 0 Å². The predicted octanol–water partition coefficient (Wildman–Crippen LogP) is 1.87. The molecule has 118 valence electrons. The first-order valence-electron chi connectivity index (χ1n) is 6.67. The van der Waals surface area contributed by atoms with Crippen LogP contribution in [-0.2, 0) is 9.57 Å². The lowest BCUT2D eigenvalue weighted by atomic mass is 10.1. The smallest absolute Gasteiger partial charge is 0.431 e. The van der Waals surface area contributed by atoms with Gasteiger partial charge >= 0.3 is 6.09 Å². The second-order valence-electron chi connectivity index (χ2n) is 5.49. The zero-order valence-electron chi connectivity index (χ0n) is 12.5. The van der Waals surface area contributed by atoms with Gasteiger partial charge in [-0.25, -0.2) is 4.79 Å². The highest BCUT2D eigenvalue weighted by Crippen LogP contribution is 2.16. The summed E-state index contributed by atoms with van der Waals surface area (Å²) in [5.41, 5.74) is 2.72. The van der Waals surface area contributed by atoms with Crippen LogP contribution < -0.4 is 10.8 Å². The lowest BCUT2D eigenvalue weighted by molar-refractivity contribution is -0.428. The molecule has 8 heteroatoms. The normalized spacial score (nSPS) is 14.8. The molecule has 0 aromatic heterocycles. The number of nitro groups is 1. The zero-order chi connectivity index (χ0) is 15.9. The van der Waals surface area contributed by atoms with Crippen molar-refractivity contribution in [1.82, 2.24) is 10.8 Å². The third-order valence-electron chi connectivity index (χ3n) is 2.47. The van der Waals surface area contributed by atoms with E-state index in [-0.39, 0.29) is 17.2 Å². The maximum Gasteiger partial charge on any atom is 0.431 e. The Morgan fingerprint density at radius 1 is 1.38 bits per heavy atom. The molecule has 1 aliphatic carbocycles. The highest BCUT2D eigenvalue weighted by atomic mass is 16.7. The highest BCUT2D eigenvalue weighted by Gasteiger charge is 2.16. The fourth-order valence-corrected chi connectivity index (χ4v) is 1.60. The standard InChI is InChI=1S/C13H21N3O5/c1-13(2,3)21-12(17)15-20-9-8-14-10-4-6-11(7-5-10)16(18)19/h4,6,14H,5,7-9H2,1-3H3,(H,15,17). The number of carbonyl (C=O) groups is 1. The van der Waals surface area contributed by atoms with Crippen molar-refractivity contribution < 1.29 is 19.3 Å². The number of ether oxygens (including phenoxy) is 1. The van der Waals surface area contributed by atoms with Crippen molar-refractivity contribution in [1.29, 1.82) is 0 Å². The topological polar surface area (TPSA) is 103 Å². The molecule has 2 N–H and O–H groups in total. The van der Waals surface area contributed by atoms with Gasteiger partial charge in [-0.1, -0.05) is 0 Å². The van der Waals surface area contributed by atoms with Gasteiger partial charge in [-0.05, 0) is 33.3 Å². The third-order valence-corrected chi connectivity index (χ3v) is 2.47. The number of allylic oxidation sites excluding steroid dienone is 4. The molecule has 8 nitrogen and oxygen atoms in total. The van der Waals surface area contributed by atoms with Crippen LogP contribution in [0.25, 0.3) is 0 Å². The average Bonchev–Trinajstić information content (AvgIpc) is 2.36. The first-order valence-corrected chi connectivity index (χ1v) is 6.67. The van der Waals surface area contributed by atoms with E-state index in [2.05, 4.69) is 10.8 Å². The molecule has 0 aromatic rings. The molecule has 0 saturated heterocycles. The van der Waals surface area contributed by atoms with Crippen molar-refractivity contribution >= 4 is 6.09 Å². The Morgan fingerprint density at radius 3 is 2.62 bits per heavy atom. The summed E-state index contributed by atoms with van der Waals surface area (Å²) in [5.74, 6) is 0. The zero-order valence-corrected chi connectivity index (χ0v) is 12.5. The van der Waals surface area contributed by atoms with Crippen LogP contribution in [0.2, 0.25) is 0 Å². The molecular weight excluding hydrogens is 278 g/mol. The van der Waals surface area contributed by atoms with Crippen LogP contribution in [0.1, 0.15) is 33.6 Å². The molecule has 1 aliphatic rings. The van der Waals surface area contributed by atoms with E-state index < -0.39 is 11.7 Å². The largest absolute Gasteiger partial charge is 0.442 e. The van der Waals surface area contributed by atoms with Crippen LogP contribution in [-0.4, -0.2) is 29.8 Å².